The van der Waals surface area contributed by atoms with E-state index in [0.717, 1.165) is 32.4 Å². The van der Waals surface area contributed by atoms with Crippen molar-refractivity contribution >= 4 is 17.6 Å². The van der Waals surface area contributed by atoms with Crippen LogP contribution in [0.4, 0.5) is 0 Å². The predicted molar refractivity (Wildman–Crippen MR) is 84.0 cm³/mol. The van der Waals surface area contributed by atoms with Gasteiger partial charge in [-0.15, -0.1) is 0 Å². The van der Waals surface area contributed by atoms with Crippen LogP contribution >= 0.6 is 11.8 Å². The van der Waals surface area contributed by atoms with E-state index in [1.54, 1.807) is 0 Å². The molecule has 0 radical (unpaired) electrons. The third-order valence-corrected chi connectivity index (χ3v) is 5.77. The van der Waals surface area contributed by atoms with E-state index in [9.17, 15) is 0 Å². The summed E-state index contributed by atoms with van der Waals surface area (Å²) >= 11 is 2.01. The highest BCUT2D eigenvalue weighted by atomic mass is 32.2. The molecule has 0 aromatic rings. The van der Waals surface area contributed by atoms with Gasteiger partial charge < -0.3 is 16.3 Å². The van der Waals surface area contributed by atoms with E-state index in [1.807, 2.05) is 25.6 Å². The minimum Gasteiger partial charge on any atom is -0.409 e. The van der Waals surface area contributed by atoms with Crippen LogP contribution < -0.4 is 11.1 Å². The van der Waals surface area contributed by atoms with E-state index in [-0.39, 0.29) is 5.41 Å². The molecule has 112 valence electrons. The van der Waals surface area contributed by atoms with Gasteiger partial charge in [0.15, 0.2) is 0 Å². The van der Waals surface area contributed by atoms with Crippen LogP contribution in [0.25, 0.3) is 0 Å². The average molecular weight is 287 g/mol. The molecular weight excluding hydrogens is 258 g/mol. The minimum atomic E-state index is -0.205. The molecule has 0 aliphatic heterocycles. The molecule has 0 unspecified atom stereocenters. The van der Waals surface area contributed by atoms with Crippen molar-refractivity contribution in [2.45, 2.75) is 57.1 Å². The van der Waals surface area contributed by atoms with Crippen LogP contribution in [0.15, 0.2) is 5.16 Å². The molecule has 1 fully saturated rings. The summed E-state index contributed by atoms with van der Waals surface area (Å²) in [4.78, 5) is 0. The van der Waals surface area contributed by atoms with Crippen LogP contribution in [0, 0.1) is 5.41 Å². The molecule has 4 N–H and O–H groups in total. The molecule has 1 aliphatic rings. The number of oxime groups is 1. The first-order chi connectivity index (χ1) is 8.96. The normalized spacial score (nSPS) is 19.2. The molecule has 0 saturated heterocycles. The molecule has 0 aromatic carbocycles. The van der Waals surface area contributed by atoms with Crippen molar-refractivity contribution in [2.24, 2.45) is 16.3 Å². The van der Waals surface area contributed by atoms with Gasteiger partial charge in [0.05, 0.1) is 0 Å². The standard InChI is InChI=1S/C14H29N3OS/c1-13(2,12(15)17-18)7-4-5-10-16-11-14(19-3)8-6-9-14/h16,18H,4-11H2,1-3H3,(H2,15,17). The molecule has 5 heteroatoms. The van der Waals surface area contributed by atoms with Crippen molar-refractivity contribution in [3.63, 3.8) is 0 Å². The largest absolute Gasteiger partial charge is 0.409 e. The fourth-order valence-corrected chi connectivity index (χ4v) is 3.36. The molecule has 0 amide bonds. The minimum absolute atomic E-state index is 0.205. The summed E-state index contributed by atoms with van der Waals surface area (Å²) in [6.45, 7) is 6.24. The van der Waals surface area contributed by atoms with Crippen LogP contribution in [0.5, 0.6) is 0 Å². The molecule has 0 aromatic heterocycles. The number of amidine groups is 1. The lowest BCUT2D eigenvalue weighted by atomic mass is 9.84. The lowest BCUT2D eigenvalue weighted by Gasteiger charge is -2.40. The summed E-state index contributed by atoms with van der Waals surface area (Å²) in [7, 11) is 0. The Morgan fingerprint density at radius 1 is 1.42 bits per heavy atom. The monoisotopic (exact) mass is 287 g/mol. The third-order valence-electron chi connectivity index (χ3n) is 4.35. The van der Waals surface area contributed by atoms with Crippen LogP contribution in [0.3, 0.4) is 0 Å². The molecule has 4 nitrogen and oxygen atoms in total. The molecule has 0 atom stereocenters. The number of hydrogen-bond donors (Lipinski definition) is 3. The second-order valence-electron chi connectivity index (χ2n) is 6.24. The zero-order valence-electron chi connectivity index (χ0n) is 12.5. The zero-order chi connectivity index (χ0) is 14.4. The highest BCUT2D eigenvalue weighted by Crippen LogP contribution is 2.42. The Hall–Kier alpha value is -0.420. The average Bonchev–Trinajstić information content (AvgIpc) is 2.35. The summed E-state index contributed by atoms with van der Waals surface area (Å²) in [5.74, 6) is 0.330. The van der Waals surface area contributed by atoms with Crippen molar-refractivity contribution in [2.75, 3.05) is 19.3 Å². The second-order valence-corrected chi connectivity index (χ2v) is 7.52. The van der Waals surface area contributed by atoms with Gasteiger partial charge in [-0.25, -0.2) is 0 Å². The maximum atomic E-state index is 8.71. The van der Waals surface area contributed by atoms with Crippen molar-refractivity contribution < 1.29 is 5.21 Å². The molecule has 0 spiro atoms. The van der Waals surface area contributed by atoms with Crippen LogP contribution in [0.1, 0.15) is 52.4 Å². The smallest absolute Gasteiger partial charge is 0.144 e. The molecule has 1 saturated carbocycles. The Morgan fingerprint density at radius 2 is 2.11 bits per heavy atom. The van der Waals surface area contributed by atoms with Crippen molar-refractivity contribution in [1.82, 2.24) is 5.32 Å². The molecular formula is C14H29N3OS. The van der Waals surface area contributed by atoms with Crippen molar-refractivity contribution in [1.29, 1.82) is 0 Å². The lowest BCUT2D eigenvalue weighted by molar-refractivity contribution is 0.304. The first-order valence-corrected chi connectivity index (χ1v) is 8.42. The van der Waals surface area contributed by atoms with Gasteiger partial charge in [-0.3, -0.25) is 0 Å². The van der Waals surface area contributed by atoms with Crippen LogP contribution in [0.2, 0.25) is 0 Å². The quantitative estimate of drug-likeness (QED) is 0.200. The van der Waals surface area contributed by atoms with Gasteiger partial charge in [0.25, 0.3) is 0 Å². The number of nitrogens with two attached hydrogens (primary N) is 1. The number of thioether (sulfide) groups is 1. The molecule has 19 heavy (non-hydrogen) atoms. The Bertz CT molecular complexity index is 296. The maximum Gasteiger partial charge on any atom is 0.144 e. The topological polar surface area (TPSA) is 70.6 Å². The second kappa shape index (κ2) is 7.39. The maximum absolute atomic E-state index is 8.71. The fourth-order valence-electron chi connectivity index (χ4n) is 2.42. The van der Waals surface area contributed by atoms with Gasteiger partial charge in [0.2, 0.25) is 0 Å². The highest BCUT2D eigenvalue weighted by molar-refractivity contribution is 8.00. The SMILES string of the molecule is CSC1(CNCCCCC(C)(C)C(N)=NO)CCC1. The summed E-state index contributed by atoms with van der Waals surface area (Å²) in [5, 5.41) is 15.4. The van der Waals surface area contributed by atoms with E-state index in [2.05, 4.69) is 16.7 Å². The number of rotatable bonds is 9. The van der Waals surface area contributed by atoms with Gasteiger partial charge in [-0.2, -0.15) is 11.8 Å². The van der Waals surface area contributed by atoms with Crippen LogP contribution in [-0.2, 0) is 0 Å². The molecule has 1 rings (SSSR count). The van der Waals surface area contributed by atoms with E-state index < -0.39 is 0 Å². The van der Waals surface area contributed by atoms with E-state index in [1.165, 1.54) is 19.3 Å². The van der Waals surface area contributed by atoms with Gasteiger partial charge in [-0.05, 0) is 38.5 Å². The van der Waals surface area contributed by atoms with Gasteiger partial charge in [0, 0.05) is 16.7 Å². The Balaban J connectivity index is 2.08. The zero-order valence-corrected chi connectivity index (χ0v) is 13.4. The summed E-state index contributed by atoms with van der Waals surface area (Å²) < 4.78 is 0.521. The Labute approximate surface area is 121 Å². The first kappa shape index (κ1) is 16.6. The summed E-state index contributed by atoms with van der Waals surface area (Å²) in [5.41, 5.74) is 5.47. The summed E-state index contributed by atoms with van der Waals surface area (Å²) in [6, 6.07) is 0. The van der Waals surface area contributed by atoms with Crippen LogP contribution in [-0.4, -0.2) is 35.1 Å². The van der Waals surface area contributed by atoms with Gasteiger partial charge in [-0.1, -0.05) is 31.8 Å². The molecule has 0 bridgehead atoms. The number of nitrogens with zero attached hydrogens (tertiary/aromatic N) is 1. The number of hydrogen-bond acceptors (Lipinski definition) is 4. The predicted octanol–water partition coefficient (Wildman–Crippen LogP) is 2.80. The molecule has 1 aliphatic carbocycles. The lowest BCUT2D eigenvalue weighted by Crippen LogP contribution is -2.43. The van der Waals surface area contributed by atoms with E-state index in [0.29, 0.717) is 10.6 Å². The fraction of sp³-hybridized carbons (Fsp3) is 0.929. The summed E-state index contributed by atoms with van der Waals surface area (Å²) in [6.07, 6.45) is 9.53. The van der Waals surface area contributed by atoms with E-state index >= 15 is 0 Å². The number of unbranched alkanes of at least 4 members (excludes halogenated alkanes) is 1. The first-order valence-electron chi connectivity index (χ1n) is 7.20. The molecule has 0 heterocycles. The number of nitrogens with one attached hydrogen (secondary N) is 1. The Morgan fingerprint density at radius 3 is 2.58 bits per heavy atom. The Kier molecular flexibility index (Phi) is 6.47. The highest BCUT2D eigenvalue weighted by Gasteiger charge is 2.35. The van der Waals surface area contributed by atoms with Gasteiger partial charge in [0.1, 0.15) is 5.84 Å². The van der Waals surface area contributed by atoms with E-state index in [4.69, 9.17) is 10.9 Å². The van der Waals surface area contributed by atoms with Crippen molar-refractivity contribution in [3.8, 4) is 0 Å². The third kappa shape index (κ3) is 4.88. The van der Waals surface area contributed by atoms with Crippen molar-refractivity contribution in [3.05, 3.63) is 0 Å². The van der Waals surface area contributed by atoms with Gasteiger partial charge >= 0.3 is 0 Å².